The molecule has 15 heavy (non-hydrogen) atoms. The third-order valence-electron chi connectivity index (χ3n) is 3.76. The van der Waals surface area contributed by atoms with Gasteiger partial charge in [0.15, 0.2) is 0 Å². The molecule has 0 aromatic rings. The molecule has 2 aliphatic rings. The molecule has 1 saturated heterocycles. The summed E-state index contributed by atoms with van der Waals surface area (Å²) in [5.41, 5.74) is 0. The molecule has 2 rings (SSSR count). The lowest BCUT2D eigenvalue weighted by Crippen LogP contribution is -2.58. The number of nitrogens with zero attached hydrogens (tertiary/aromatic N) is 1. The number of rotatable bonds is 3. The van der Waals surface area contributed by atoms with Crippen molar-refractivity contribution in [2.75, 3.05) is 13.6 Å². The largest absolute Gasteiger partial charge is 0.481 e. The van der Waals surface area contributed by atoms with E-state index in [-0.39, 0.29) is 12.0 Å². The first-order valence-electron chi connectivity index (χ1n) is 5.78. The number of hydrogen-bond donors (Lipinski definition) is 2. The molecule has 0 spiro atoms. The minimum Gasteiger partial charge on any atom is -0.481 e. The molecule has 1 aliphatic carbocycles. The van der Waals surface area contributed by atoms with Crippen molar-refractivity contribution in [1.82, 2.24) is 10.2 Å². The molecule has 2 N–H and O–H groups in total. The van der Waals surface area contributed by atoms with Crippen LogP contribution in [0.2, 0.25) is 0 Å². The summed E-state index contributed by atoms with van der Waals surface area (Å²) in [7, 11) is 2.07. The van der Waals surface area contributed by atoms with Crippen molar-refractivity contribution in [3.05, 3.63) is 0 Å². The van der Waals surface area contributed by atoms with Crippen molar-refractivity contribution >= 4 is 5.97 Å². The van der Waals surface area contributed by atoms with Gasteiger partial charge in [-0.05, 0) is 39.8 Å². The van der Waals surface area contributed by atoms with Crippen molar-refractivity contribution in [3.8, 4) is 0 Å². The van der Waals surface area contributed by atoms with Crippen LogP contribution >= 0.6 is 0 Å². The molecule has 0 amide bonds. The minimum absolute atomic E-state index is 0.119. The summed E-state index contributed by atoms with van der Waals surface area (Å²) in [5.74, 6) is -0.857. The molecule has 1 saturated carbocycles. The topological polar surface area (TPSA) is 52.6 Å². The number of likely N-dealkylation sites (N-methyl/N-ethyl adjacent to an activating group) is 1. The van der Waals surface area contributed by atoms with E-state index in [4.69, 9.17) is 0 Å². The maximum atomic E-state index is 11.2. The summed E-state index contributed by atoms with van der Waals surface area (Å²) in [6.07, 6.45) is 3.18. The van der Waals surface area contributed by atoms with Crippen LogP contribution < -0.4 is 5.32 Å². The Labute approximate surface area is 90.6 Å². The number of carboxylic acids is 1. The molecule has 3 unspecified atom stereocenters. The number of piperidine rings is 1. The molecule has 3 atom stereocenters. The van der Waals surface area contributed by atoms with Crippen molar-refractivity contribution < 1.29 is 9.90 Å². The standard InChI is InChI=1S/C11H20N2O2/c1-7-10(12-8-3-4-8)9(11(14)15)5-6-13(7)2/h7-10,12H,3-6H2,1-2H3,(H,14,15). The highest BCUT2D eigenvalue weighted by molar-refractivity contribution is 5.71. The second kappa shape index (κ2) is 4.10. The first-order valence-corrected chi connectivity index (χ1v) is 5.78. The summed E-state index contributed by atoms with van der Waals surface area (Å²) in [6.45, 7) is 3.01. The third-order valence-corrected chi connectivity index (χ3v) is 3.76. The van der Waals surface area contributed by atoms with E-state index in [0.717, 1.165) is 13.0 Å². The number of aliphatic carboxylic acids is 1. The fourth-order valence-electron chi connectivity index (χ4n) is 2.39. The molecule has 4 heteroatoms. The van der Waals surface area contributed by atoms with E-state index in [1.54, 1.807) is 0 Å². The Balaban J connectivity index is 2.04. The van der Waals surface area contributed by atoms with Gasteiger partial charge in [0, 0.05) is 18.1 Å². The van der Waals surface area contributed by atoms with Crippen LogP contribution in [-0.4, -0.2) is 47.7 Å². The Morgan fingerprint density at radius 3 is 2.60 bits per heavy atom. The van der Waals surface area contributed by atoms with E-state index in [9.17, 15) is 9.90 Å². The average Bonchev–Trinajstić information content (AvgIpc) is 2.96. The van der Waals surface area contributed by atoms with Gasteiger partial charge in [0.1, 0.15) is 0 Å². The molecule has 1 heterocycles. The number of carbonyl (C=O) groups is 1. The summed E-state index contributed by atoms with van der Waals surface area (Å²) < 4.78 is 0. The maximum absolute atomic E-state index is 11.2. The summed E-state index contributed by atoms with van der Waals surface area (Å²) >= 11 is 0. The monoisotopic (exact) mass is 212 g/mol. The highest BCUT2D eigenvalue weighted by atomic mass is 16.4. The van der Waals surface area contributed by atoms with Crippen LogP contribution in [0, 0.1) is 5.92 Å². The first kappa shape index (κ1) is 10.9. The molecule has 0 aromatic carbocycles. The van der Waals surface area contributed by atoms with Crippen LogP contribution in [-0.2, 0) is 4.79 Å². The maximum Gasteiger partial charge on any atom is 0.308 e. The van der Waals surface area contributed by atoms with Crippen LogP contribution in [0.3, 0.4) is 0 Å². The Morgan fingerprint density at radius 1 is 1.40 bits per heavy atom. The highest BCUT2D eigenvalue weighted by Crippen LogP contribution is 2.27. The summed E-state index contributed by atoms with van der Waals surface area (Å²) in [5, 5.41) is 12.7. The summed E-state index contributed by atoms with van der Waals surface area (Å²) in [6, 6.07) is 1.01. The van der Waals surface area contributed by atoms with Crippen molar-refractivity contribution in [3.63, 3.8) is 0 Å². The Bertz CT molecular complexity index is 253. The molecular formula is C11H20N2O2. The number of hydrogen-bond acceptors (Lipinski definition) is 3. The molecule has 4 nitrogen and oxygen atoms in total. The molecular weight excluding hydrogens is 192 g/mol. The van der Waals surface area contributed by atoms with Gasteiger partial charge in [0.05, 0.1) is 5.92 Å². The van der Waals surface area contributed by atoms with Crippen molar-refractivity contribution in [2.45, 2.75) is 44.3 Å². The van der Waals surface area contributed by atoms with Gasteiger partial charge in [0.2, 0.25) is 0 Å². The number of likely N-dealkylation sites (tertiary alicyclic amines) is 1. The van der Waals surface area contributed by atoms with Gasteiger partial charge in [-0.25, -0.2) is 0 Å². The van der Waals surface area contributed by atoms with E-state index >= 15 is 0 Å². The number of nitrogens with one attached hydrogen (secondary N) is 1. The molecule has 0 bridgehead atoms. The van der Waals surface area contributed by atoms with Crippen LogP contribution in [0.1, 0.15) is 26.2 Å². The summed E-state index contributed by atoms with van der Waals surface area (Å²) in [4.78, 5) is 13.4. The highest BCUT2D eigenvalue weighted by Gasteiger charge is 2.40. The predicted octanol–water partition coefficient (Wildman–Crippen LogP) is 0.532. The third kappa shape index (κ3) is 2.32. The fraction of sp³-hybridized carbons (Fsp3) is 0.909. The van der Waals surface area contributed by atoms with Gasteiger partial charge in [-0.15, -0.1) is 0 Å². The zero-order chi connectivity index (χ0) is 11.0. The second-order valence-electron chi connectivity index (χ2n) is 4.92. The Morgan fingerprint density at radius 2 is 2.07 bits per heavy atom. The zero-order valence-electron chi connectivity index (χ0n) is 9.44. The van der Waals surface area contributed by atoms with E-state index < -0.39 is 5.97 Å². The lowest BCUT2D eigenvalue weighted by atomic mass is 9.86. The van der Waals surface area contributed by atoms with Gasteiger partial charge in [-0.3, -0.25) is 4.79 Å². The van der Waals surface area contributed by atoms with Gasteiger partial charge >= 0.3 is 5.97 Å². The SMILES string of the molecule is CC1C(NC2CC2)C(C(=O)O)CCN1C. The lowest BCUT2D eigenvalue weighted by Gasteiger charge is -2.41. The van der Waals surface area contributed by atoms with Crippen molar-refractivity contribution in [1.29, 1.82) is 0 Å². The van der Waals surface area contributed by atoms with E-state index in [1.165, 1.54) is 12.8 Å². The molecule has 2 fully saturated rings. The first-order chi connectivity index (χ1) is 7.09. The van der Waals surface area contributed by atoms with Crippen LogP contribution in [0.5, 0.6) is 0 Å². The lowest BCUT2D eigenvalue weighted by molar-refractivity contribution is -0.145. The predicted molar refractivity (Wildman–Crippen MR) is 57.8 cm³/mol. The molecule has 1 aliphatic heterocycles. The van der Waals surface area contributed by atoms with Crippen LogP contribution in [0.25, 0.3) is 0 Å². The van der Waals surface area contributed by atoms with Gasteiger partial charge in [0.25, 0.3) is 0 Å². The van der Waals surface area contributed by atoms with Gasteiger partial charge in [-0.1, -0.05) is 0 Å². The Kier molecular flexibility index (Phi) is 2.98. The molecule has 86 valence electrons. The van der Waals surface area contributed by atoms with E-state index in [1.807, 2.05) is 0 Å². The van der Waals surface area contributed by atoms with E-state index in [0.29, 0.717) is 12.1 Å². The normalized spacial score (nSPS) is 37.9. The van der Waals surface area contributed by atoms with Crippen molar-refractivity contribution in [2.24, 2.45) is 5.92 Å². The van der Waals surface area contributed by atoms with Gasteiger partial charge in [-0.2, -0.15) is 0 Å². The molecule has 0 radical (unpaired) electrons. The van der Waals surface area contributed by atoms with E-state index in [2.05, 4.69) is 24.2 Å². The van der Waals surface area contributed by atoms with Crippen LogP contribution in [0.4, 0.5) is 0 Å². The van der Waals surface area contributed by atoms with Gasteiger partial charge < -0.3 is 15.3 Å². The molecule has 0 aromatic heterocycles. The quantitative estimate of drug-likeness (QED) is 0.716. The Hall–Kier alpha value is -0.610. The average molecular weight is 212 g/mol. The minimum atomic E-state index is -0.645. The zero-order valence-corrected chi connectivity index (χ0v) is 9.44. The van der Waals surface area contributed by atoms with Crippen LogP contribution in [0.15, 0.2) is 0 Å². The smallest absolute Gasteiger partial charge is 0.308 e. The second-order valence-corrected chi connectivity index (χ2v) is 4.92. The fourth-order valence-corrected chi connectivity index (χ4v) is 2.39. The number of carboxylic acid groups (broad SMARTS) is 1.